The predicted octanol–water partition coefficient (Wildman–Crippen LogP) is 4.39. The minimum Gasteiger partial charge on any atom is -0.418 e. The van der Waals surface area contributed by atoms with Gasteiger partial charge < -0.3 is 4.74 Å². The quantitative estimate of drug-likeness (QED) is 0.488. The van der Waals surface area contributed by atoms with Gasteiger partial charge in [0.05, 0.1) is 17.0 Å². The van der Waals surface area contributed by atoms with Crippen molar-refractivity contribution in [1.29, 1.82) is 0 Å². The number of hydrogen-bond acceptors (Lipinski definition) is 4. The summed E-state index contributed by atoms with van der Waals surface area (Å²) in [5.74, 6) is -2.80. The van der Waals surface area contributed by atoms with Gasteiger partial charge in [0.1, 0.15) is 5.82 Å². The van der Waals surface area contributed by atoms with Gasteiger partial charge in [-0.15, -0.1) is 0 Å². The fourth-order valence-electron chi connectivity index (χ4n) is 3.74. The Bertz CT molecular complexity index is 1330. The van der Waals surface area contributed by atoms with Gasteiger partial charge in [0.15, 0.2) is 11.6 Å². The molecule has 0 unspecified atom stereocenters. The predicted molar refractivity (Wildman–Crippen MR) is 106 cm³/mol. The number of benzene rings is 2. The van der Waals surface area contributed by atoms with Gasteiger partial charge in [-0.25, -0.2) is 22.8 Å². The highest BCUT2D eigenvalue weighted by atomic mass is 19.1. The van der Waals surface area contributed by atoms with Crippen LogP contribution < -0.4 is 10.3 Å². The molecule has 0 saturated heterocycles. The van der Waals surface area contributed by atoms with Crippen LogP contribution in [0.25, 0.3) is 22.5 Å². The standard InChI is InChI=1S/C22H15F3N4O2/c23-14-7-5-13(6-8-14)18-19(28-11-2-12-29(28)21(18)30)17-9-10-26-22(27-17)31-20-15(24)3-1-4-16(20)25/h1,3-10H,2,11-12H2. The van der Waals surface area contributed by atoms with Gasteiger partial charge in [-0.05, 0) is 42.3 Å². The monoisotopic (exact) mass is 424 g/mol. The van der Waals surface area contributed by atoms with Gasteiger partial charge in [-0.3, -0.25) is 9.48 Å². The molecule has 1 aliphatic heterocycles. The summed E-state index contributed by atoms with van der Waals surface area (Å²) in [4.78, 5) is 21.3. The summed E-state index contributed by atoms with van der Waals surface area (Å²) < 4.78 is 50.0. The number of ether oxygens (including phenoxy) is 1. The van der Waals surface area contributed by atoms with Crippen LogP contribution in [0.2, 0.25) is 0 Å². The lowest BCUT2D eigenvalue weighted by Crippen LogP contribution is -2.17. The number of hydrogen-bond donors (Lipinski definition) is 0. The van der Waals surface area contributed by atoms with Crippen molar-refractivity contribution in [2.24, 2.45) is 0 Å². The fraction of sp³-hybridized carbons (Fsp3) is 0.136. The van der Waals surface area contributed by atoms with Gasteiger partial charge in [0.25, 0.3) is 5.56 Å². The first-order chi connectivity index (χ1) is 15.0. The molecule has 0 amide bonds. The molecule has 2 aromatic heterocycles. The molecule has 0 bridgehead atoms. The average Bonchev–Trinajstić information content (AvgIpc) is 3.34. The number of nitrogens with zero attached hydrogens (tertiary/aromatic N) is 4. The topological polar surface area (TPSA) is 61.9 Å². The molecule has 4 aromatic rings. The molecular formula is C22H15F3N4O2. The second kappa shape index (κ2) is 7.42. The third-order valence-electron chi connectivity index (χ3n) is 5.10. The highest BCUT2D eigenvalue weighted by molar-refractivity contribution is 5.79. The molecule has 2 aromatic carbocycles. The van der Waals surface area contributed by atoms with E-state index in [9.17, 15) is 18.0 Å². The smallest absolute Gasteiger partial charge is 0.322 e. The maximum absolute atomic E-state index is 14.0. The van der Waals surface area contributed by atoms with Crippen LogP contribution in [0.15, 0.2) is 59.5 Å². The Morgan fingerprint density at radius 3 is 2.35 bits per heavy atom. The van der Waals surface area contributed by atoms with Gasteiger partial charge in [0.2, 0.25) is 5.75 Å². The Kier molecular flexibility index (Phi) is 4.58. The van der Waals surface area contributed by atoms with E-state index in [2.05, 4.69) is 9.97 Å². The summed E-state index contributed by atoms with van der Waals surface area (Å²) in [6.07, 6.45) is 2.16. The van der Waals surface area contributed by atoms with Crippen LogP contribution in [0, 0.1) is 17.5 Å². The fourth-order valence-corrected chi connectivity index (χ4v) is 3.74. The average molecular weight is 424 g/mol. The van der Waals surface area contributed by atoms with E-state index in [1.807, 2.05) is 0 Å². The maximum atomic E-state index is 14.0. The molecule has 0 saturated carbocycles. The van der Waals surface area contributed by atoms with Crippen molar-refractivity contribution in [3.63, 3.8) is 0 Å². The molecule has 0 fully saturated rings. The van der Waals surface area contributed by atoms with E-state index in [1.165, 1.54) is 36.5 Å². The van der Waals surface area contributed by atoms with Gasteiger partial charge in [0, 0.05) is 19.3 Å². The molecule has 5 rings (SSSR count). The SMILES string of the molecule is O=c1c(-c2ccc(F)cc2)c(-c2ccnc(Oc3c(F)cccc3F)n2)n2n1CCC2. The van der Waals surface area contributed by atoms with E-state index < -0.39 is 23.2 Å². The normalized spacial score (nSPS) is 12.7. The molecule has 156 valence electrons. The second-order valence-corrected chi connectivity index (χ2v) is 7.01. The Morgan fingerprint density at radius 1 is 0.903 bits per heavy atom. The molecule has 9 heteroatoms. The van der Waals surface area contributed by atoms with Crippen LogP contribution in [0.4, 0.5) is 13.2 Å². The number of halogens is 3. The summed E-state index contributed by atoms with van der Waals surface area (Å²) in [7, 11) is 0. The van der Waals surface area contributed by atoms with E-state index in [0.717, 1.165) is 18.6 Å². The molecule has 3 heterocycles. The van der Waals surface area contributed by atoms with Crippen LogP contribution in [-0.2, 0) is 13.1 Å². The number of rotatable bonds is 4. The van der Waals surface area contributed by atoms with Crippen molar-refractivity contribution in [2.75, 3.05) is 0 Å². The molecule has 0 atom stereocenters. The lowest BCUT2D eigenvalue weighted by Gasteiger charge is -2.10. The number of fused-ring (bicyclic) bond motifs is 1. The summed E-state index contributed by atoms with van der Waals surface area (Å²) in [5, 5.41) is 0. The molecule has 1 aliphatic rings. The van der Waals surface area contributed by atoms with Crippen LogP contribution >= 0.6 is 0 Å². The number of aromatic nitrogens is 4. The maximum Gasteiger partial charge on any atom is 0.322 e. The number of para-hydroxylation sites is 1. The van der Waals surface area contributed by atoms with Crippen molar-refractivity contribution in [3.05, 3.63) is 82.5 Å². The summed E-state index contributed by atoms with van der Waals surface area (Å²) in [6, 6.07) is 10.3. The molecule has 0 spiro atoms. The molecule has 0 radical (unpaired) electrons. The Labute approximate surface area is 174 Å². The second-order valence-electron chi connectivity index (χ2n) is 7.01. The van der Waals surface area contributed by atoms with Gasteiger partial charge in [-0.1, -0.05) is 18.2 Å². The van der Waals surface area contributed by atoms with E-state index in [1.54, 1.807) is 15.4 Å². The molecule has 6 nitrogen and oxygen atoms in total. The zero-order valence-electron chi connectivity index (χ0n) is 16.1. The van der Waals surface area contributed by atoms with E-state index >= 15 is 0 Å². The van der Waals surface area contributed by atoms with Crippen LogP contribution in [0.3, 0.4) is 0 Å². The van der Waals surface area contributed by atoms with Crippen LogP contribution in [0.5, 0.6) is 11.8 Å². The first-order valence-corrected chi connectivity index (χ1v) is 9.58. The molecular weight excluding hydrogens is 409 g/mol. The van der Waals surface area contributed by atoms with Crippen molar-refractivity contribution in [1.82, 2.24) is 19.3 Å². The van der Waals surface area contributed by atoms with E-state index in [4.69, 9.17) is 4.74 Å². The van der Waals surface area contributed by atoms with E-state index in [-0.39, 0.29) is 11.6 Å². The summed E-state index contributed by atoms with van der Waals surface area (Å²) in [6.45, 7) is 1.13. The van der Waals surface area contributed by atoms with Crippen molar-refractivity contribution in [3.8, 4) is 34.3 Å². The first kappa shape index (κ1) is 19.1. The third-order valence-corrected chi connectivity index (χ3v) is 5.10. The third kappa shape index (κ3) is 3.27. The molecule has 0 aliphatic carbocycles. The minimum absolute atomic E-state index is 0.222. The Hall–Kier alpha value is -3.88. The summed E-state index contributed by atoms with van der Waals surface area (Å²) >= 11 is 0. The van der Waals surface area contributed by atoms with Gasteiger partial charge >= 0.3 is 6.01 Å². The van der Waals surface area contributed by atoms with Crippen molar-refractivity contribution >= 4 is 0 Å². The largest absolute Gasteiger partial charge is 0.418 e. The van der Waals surface area contributed by atoms with Crippen LogP contribution in [0.1, 0.15) is 6.42 Å². The lowest BCUT2D eigenvalue weighted by molar-refractivity contribution is 0.382. The van der Waals surface area contributed by atoms with Gasteiger partial charge in [-0.2, -0.15) is 4.98 Å². The van der Waals surface area contributed by atoms with Crippen molar-refractivity contribution in [2.45, 2.75) is 19.5 Å². The summed E-state index contributed by atoms with van der Waals surface area (Å²) in [5.41, 5.74) is 1.54. The first-order valence-electron chi connectivity index (χ1n) is 9.58. The zero-order valence-corrected chi connectivity index (χ0v) is 16.1. The highest BCUT2D eigenvalue weighted by Gasteiger charge is 2.26. The Morgan fingerprint density at radius 2 is 1.61 bits per heavy atom. The minimum atomic E-state index is -0.887. The Balaban J connectivity index is 1.64. The molecule has 31 heavy (non-hydrogen) atoms. The molecule has 0 N–H and O–H groups in total. The lowest BCUT2D eigenvalue weighted by atomic mass is 10.0. The van der Waals surface area contributed by atoms with E-state index in [0.29, 0.717) is 35.6 Å². The van der Waals surface area contributed by atoms with Crippen molar-refractivity contribution < 1.29 is 17.9 Å². The zero-order chi connectivity index (χ0) is 21.5. The van der Waals surface area contributed by atoms with Crippen LogP contribution in [-0.4, -0.2) is 19.3 Å². The highest BCUT2D eigenvalue weighted by Crippen LogP contribution is 2.33.